The third kappa shape index (κ3) is 3.52. The summed E-state index contributed by atoms with van der Waals surface area (Å²) in [5, 5.41) is 0. The number of nitrogens with zero attached hydrogens (tertiary/aromatic N) is 2. The molecule has 0 saturated heterocycles. The van der Waals surface area contributed by atoms with Crippen molar-refractivity contribution in [1.82, 2.24) is 4.98 Å². The molecule has 1 aliphatic heterocycles. The third-order valence-corrected chi connectivity index (χ3v) is 4.00. The maximum absolute atomic E-state index is 12.4. The molecule has 0 fully saturated rings. The second-order valence-corrected chi connectivity index (χ2v) is 6.12. The molecule has 0 bridgehead atoms. The van der Waals surface area contributed by atoms with Crippen LogP contribution in [0.4, 0.5) is 5.82 Å². The molecule has 0 spiro atoms. The number of hydrogen-bond acceptors (Lipinski definition) is 4. The number of esters is 1. The molecule has 0 saturated carbocycles. The van der Waals surface area contributed by atoms with Gasteiger partial charge in [0.15, 0.2) is 0 Å². The van der Waals surface area contributed by atoms with Crippen LogP contribution in [0.5, 0.6) is 0 Å². The van der Waals surface area contributed by atoms with Gasteiger partial charge >= 0.3 is 5.97 Å². The minimum Gasteiger partial charge on any atom is -0.459 e. The van der Waals surface area contributed by atoms with Gasteiger partial charge in [-0.2, -0.15) is 0 Å². The molecule has 0 aliphatic carbocycles. The summed E-state index contributed by atoms with van der Waals surface area (Å²) in [5.74, 6) is 0.412. The third-order valence-electron chi connectivity index (χ3n) is 4.00. The molecule has 0 unspecified atom stereocenters. The molecule has 0 N–H and O–H groups in total. The van der Waals surface area contributed by atoms with Gasteiger partial charge in [0.25, 0.3) is 0 Å². The zero-order chi connectivity index (χ0) is 16.2. The molecule has 1 aromatic carbocycles. The first kappa shape index (κ1) is 15.5. The van der Waals surface area contributed by atoms with Crippen LogP contribution in [-0.2, 0) is 17.7 Å². The zero-order valence-corrected chi connectivity index (χ0v) is 13.7. The lowest BCUT2D eigenvalue weighted by molar-refractivity contribution is 0.0378. The van der Waals surface area contributed by atoms with Crippen molar-refractivity contribution < 1.29 is 9.53 Å². The Morgan fingerprint density at radius 1 is 1.17 bits per heavy atom. The number of rotatable bonds is 3. The first-order chi connectivity index (χ1) is 11.1. The van der Waals surface area contributed by atoms with Crippen molar-refractivity contribution >= 4 is 11.8 Å². The van der Waals surface area contributed by atoms with Crippen LogP contribution < -0.4 is 4.90 Å². The number of carbonyl (C=O) groups excluding carboxylic acids is 1. The molecule has 120 valence electrons. The van der Waals surface area contributed by atoms with Gasteiger partial charge in [0.05, 0.1) is 6.10 Å². The van der Waals surface area contributed by atoms with E-state index >= 15 is 0 Å². The number of benzene rings is 1. The lowest BCUT2D eigenvalue weighted by Gasteiger charge is -2.24. The number of anilines is 1. The Labute approximate surface area is 137 Å². The van der Waals surface area contributed by atoms with Crippen LogP contribution in [0.1, 0.15) is 41.8 Å². The van der Waals surface area contributed by atoms with Gasteiger partial charge in [-0.15, -0.1) is 0 Å². The van der Waals surface area contributed by atoms with Gasteiger partial charge in [-0.1, -0.05) is 24.3 Å². The van der Waals surface area contributed by atoms with Gasteiger partial charge < -0.3 is 9.64 Å². The molecule has 1 aliphatic rings. The fourth-order valence-corrected chi connectivity index (χ4v) is 2.97. The molecule has 3 rings (SSSR count). The molecule has 0 atom stereocenters. The highest BCUT2D eigenvalue weighted by atomic mass is 16.5. The van der Waals surface area contributed by atoms with Crippen LogP contribution in [0.25, 0.3) is 0 Å². The summed E-state index contributed by atoms with van der Waals surface area (Å²) in [6.45, 7) is 5.37. The number of carbonyl (C=O) groups is 1. The van der Waals surface area contributed by atoms with Crippen molar-refractivity contribution in [2.45, 2.75) is 39.3 Å². The summed E-state index contributed by atoms with van der Waals surface area (Å²) in [5.41, 5.74) is 3.23. The van der Waals surface area contributed by atoms with Crippen molar-refractivity contribution in [2.75, 3.05) is 11.4 Å². The zero-order valence-electron chi connectivity index (χ0n) is 13.7. The van der Waals surface area contributed by atoms with E-state index in [1.165, 1.54) is 11.1 Å². The van der Waals surface area contributed by atoms with Crippen molar-refractivity contribution in [3.8, 4) is 0 Å². The van der Waals surface area contributed by atoms with E-state index in [1.54, 1.807) is 18.3 Å². The second-order valence-electron chi connectivity index (χ2n) is 6.12. The van der Waals surface area contributed by atoms with Gasteiger partial charge in [-0.25, -0.2) is 9.78 Å². The van der Waals surface area contributed by atoms with Crippen LogP contribution in [0.15, 0.2) is 42.6 Å². The van der Waals surface area contributed by atoms with Crippen LogP contribution in [0.2, 0.25) is 0 Å². The van der Waals surface area contributed by atoms with E-state index in [-0.39, 0.29) is 12.1 Å². The van der Waals surface area contributed by atoms with Gasteiger partial charge in [-0.3, -0.25) is 0 Å². The number of aromatic nitrogens is 1. The molecule has 4 nitrogen and oxygen atoms in total. The quantitative estimate of drug-likeness (QED) is 0.812. The van der Waals surface area contributed by atoms with E-state index in [0.29, 0.717) is 5.56 Å². The average molecular weight is 310 g/mol. The lowest BCUT2D eigenvalue weighted by Crippen LogP contribution is -2.26. The van der Waals surface area contributed by atoms with Crippen LogP contribution in [0.3, 0.4) is 0 Å². The average Bonchev–Trinajstić information content (AvgIpc) is 2.76. The van der Waals surface area contributed by atoms with E-state index in [4.69, 9.17) is 4.74 Å². The maximum Gasteiger partial charge on any atom is 0.342 e. The number of fused-ring (bicyclic) bond motifs is 1. The predicted molar refractivity (Wildman–Crippen MR) is 90.6 cm³/mol. The number of ether oxygens (including phenoxy) is 1. The van der Waals surface area contributed by atoms with E-state index < -0.39 is 0 Å². The van der Waals surface area contributed by atoms with E-state index in [9.17, 15) is 4.79 Å². The lowest BCUT2D eigenvalue weighted by atomic mass is 10.0. The van der Waals surface area contributed by atoms with Crippen LogP contribution in [0, 0.1) is 0 Å². The Balaban J connectivity index is 1.91. The van der Waals surface area contributed by atoms with Crippen LogP contribution >= 0.6 is 0 Å². The smallest absolute Gasteiger partial charge is 0.342 e. The highest BCUT2D eigenvalue weighted by molar-refractivity contribution is 5.94. The SMILES string of the molecule is CC(C)OC(=O)c1cccnc1N1CCCc2ccccc2C1. The Morgan fingerprint density at radius 2 is 1.96 bits per heavy atom. The van der Waals surface area contributed by atoms with Gasteiger partial charge in [-0.05, 0) is 49.9 Å². The summed E-state index contributed by atoms with van der Waals surface area (Å²) in [6, 6.07) is 12.1. The molecule has 0 radical (unpaired) electrons. The largest absolute Gasteiger partial charge is 0.459 e. The Hall–Kier alpha value is -2.36. The summed E-state index contributed by atoms with van der Waals surface area (Å²) >= 11 is 0. The number of pyridine rings is 1. The fourth-order valence-electron chi connectivity index (χ4n) is 2.97. The summed E-state index contributed by atoms with van der Waals surface area (Å²) in [6.07, 6.45) is 3.70. The first-order valence-corrected chi connectivity index (χ1v) is 8.13. The molecule has 0 amide bonds. The van der Waals surface area contributed by atoms with Crippen molar-refractivity contribution in [1.29, 1.82) is 0 Å². The van der Waals surface area contributed by atoms with Gasteiger partial charge in [0, 0.05) is 19.3 Å². The second kappa shape index (κ2) is 6.82. The normalized spacial score (nSPS) is 14.3. The summed E-state index contributed by atoms with van der Waals surface area (Å²) in [7, 11) is 0. The van der Waals surface area contributed by atoms with Crippen molar-refractivity contribution in [3.63, 3.8) is 0 Å². The highest BCUT2D eigenvalue weighted by Crippen LogP contribution is 2.25. The van der Waals surface area contributed by atoms with Gasteiger partial charge in [0.2, 0.25) is 0 Å². The maximum atomic E-state index is 12.4. The summed E-state index contributed by atoms with van der Waals surface area (Å²) < 4.78 is 5.36. The molecule has 1 aromatic heterocycles. The Bertz CT molecular complexity index is 697. The highest BCUT2D eigenvalue weighted by Gasteiger charge is 2.22. The molecule has 2 heterocycles. The number of aryl methyl sites for hydroxylation is 1. The van der Waals surface area contributed by atoms with E-state index in [2.05, 4.69) is 34.1 Å². The summed E-state index contributed by atoms with van der Waals surface area (Å²) in [4.78, 5) is 19.0. The molecule has 4 heteroatoms. The van der Waals surface area contributed by atoms with E-state index in [1.807, 2.05) is 13.8 Å². The Kier molecular flexibility index (Phi) is 4.60. The molecule has 23 heavy (non-hydrogen) atoms. The Morgan fingerprint density at radius 3 is 2.74 bits per heavy atom. The monoisotopic (exact) mass is 310 g/mol. The van der Waals surface area contributed by atoms with Crippen LogP contribution in [-0.4, -0.2) is 23.6 Å². The first-order valence-electron chi connectivity index (χ1n) is 8.13. The van der Waals surface area contributed by atoms with Gasteiger partial charge in [0.1, 0.15) is 11.4 Å². The fraction of sp³-hybridized carbons (Fsp3) is 0.368. The molecular formula is C19H22N2O2. The van der Waals surface area contributed by atoms with Crippen molar-refractivity contribution in [2.24, 2.45) is 0 Å². The number of hydrogen-bond donors (Lipinski definition) is 0. The molecular weight excluding hydrogens is 288 g/mol. The van der Waals surface area contributed by atoms with Crippen molar-refractivity contribution in [3.05, 3.63) is 59.3 Å². The van der Waals surface area contributed by atoms with E-state index in [0.717, 1.165) is 31.7 Å². The predicted octanol–water partition coefficient (Wildman–Crippen LogP) is 3.60. The minimum absolute atomic E-state index is 0.139. The molecule has 2 aromatic rings. The standard InChI is InChI=1S/C19H22N2O2/c1-14(2)23-19(22)17-10-5-11-20-18(17)21-12-6-9-15-7-3-4-8-16(15)13-21/h3-5,7-8,10-11,14H,6,9,12-13H2,1-2H3. The minimum atomic E-state index is -0.305. The topological polar surface area (TPSA) is 42.4 Å².